The largest absolute Gasteiger partial charge is 0.466 e. The molecule has 0 aliphatic rings. The number of nitrogens with one attached hydrogen (secondary N) is 3. The summed E-state index contributed by atoms with van der Waals surface area (Å²) in [5.74, 6) is 1.19. The Morgan fingerprint density at radius 1 is 1.26 bits per heavy atom. The van der Waals surface area contributed by atoms with Crippen LogP contribution in [0.25, 0.3) is 10.9 Å². The molecule has 4 N–H and O–H groups in total. The minimum absolute atomic E-state index is 0.210. The van der Waals surface area contributed by atoms with E-state index in [1.54, 1.807) is 25.3 Å². The number of fused-ring (bicyclic) bond motifs is 1. The van der Waals surface area contributed by atoms with E-state index < -0.39 is 5.60 Å². The fraction of sp³-hybridized carbons (Fsp3) is 0.381. The molecule has 0 amide bonds. The van der Waals surface area contributed by atoms with Crippen molar-refractivity contribution in [3.63, 3.8) is 0 Å². The predicted octanol–water partition coefficient (Wildman–Crippen LogP) is 3.07. The molecule has 27 heavy (non-hydrogen) atoms. The lowest BCUT2D eigenvalue weighted by Gasteiger charge is -2.19. The molecule has 0 aliphatic heterocycles. The van der Waals surface area contributed by atoms with E-state index in [1.165, 1.54) is 22.0 Å². The molecule has 144 valence electrons. The van der Waals surface area contributed by atoms with Crippen molar-refractivity contribution in [3.05, 3.63) is 59.7 Å². The number of hydrogen-bond acceptors (Lipinski definition) is 3. The Morgan fingerprint density at radius 2 is 2.11 bits per heavy atom. The van der Waals surface area contributed by atoms with Gasteiger partial charge < -0.3 is 25.1 Å². The Labute approximate surface area is 159 Å². The summed E-state index contributed by atoms with van der Waals surface area (Å²) in [6.45, 7) is 7.54. The Morgan fingerprint density at radius 3 is 2.85 bits per heavy atom. The molecule has 1 unspecified atom stereocenters. The van der Waals surface area contributed by atoms with Gasteiger partial charge in [0.1, 0.15) is 11.4 Å². The van der Waals surface area contributed by atoms with E-state index in [-0.39, 0.29) is 6.54 Å². The maximum Gasteiger partial charge on any atom is 0.191 e. The Kier molecular flexibility index (Phi) is 5.86. The molecule has 0 radical (unpaired) electrons. The number of aromatic nitrogens is 1. The van der Waals surface area contributed by atoms with Gasteiger partial charge in [-0.2, -0.15) is 0 Å². The molecule has 6 nitrogen and oxygen atoms in total. The molecule has 0 saturated carbocycles. The van der Waals surface area contributed by atoms with E-state index in [4.69, 9.17) is 4.42 Å². The van der Waals surface area contributed by atoms with Crippen LogP contribution in [0.15, 0.2) is 52.2 Å². The predicted molar refractivity (Wildman–Crippen MR) is 109 cm³/mol. The van der Waals surface area contributed by atoms with Crippen LogP contribution in [0.2, 0.25) is 0 Å². The highest BCUT2D eigenvalue weighted by Crippen LogP contribution is 2.22. The van der Waals surface area contributed by atoms with Gasteiger partial charge in [0.2, 0.25) is 0 Å². The third-order valence-corrected chi connectivity index (χ3v) is 4.64. The number of H-pyrrole nitrogens is 1. The van der Waals surface area contributed by atoms with Crippen molar-refractivity contribution in [1.29, 1.82) is 0 Å². The number of aromatic amines is 1. The highest BCUT2D eigenvalue weighted by molar-refractivity contribution is 5.86. The Balaban J connectivity index is 1.61. The van der Waals surface area contributed by atoms with Gasteiger partial charge in [-0.15, -0.1) is 0 Å². The molecule has 6 heteroatoms. The van der Waals surface area contributed by atoms with Gasteiger partial charge in [0, 0.05) is 30.2 Å². The third kappa shape index (κ3) is 4.52. The van der Waals surface area contributed by atoms with Gasteiger partial charge in [-0.3, -0.25) is 0 Å². The van der Waals surface area contributed by atoms with E-state index in [1.807, 2.05) is 6.92 Å². The first-order valence-corrected chi connectivity index (χ1v) is 9.35. The molecule has 0 fully saturated rings. The fourth-order valence-electron chi connectivity index (χ4n) is 3.12. The summed E-state index contributed by atoms with van der Waals surface area (Å²) < 4.78 is 5.31. The van der Waals surface area contributed by atoms with E-state index in [0.717, 1.165) is 19.5 Å². The van der Waals surface area contributed by atoms with Crippen molar-refractivity contribution in [2.45, 2.75) is 32.8 Å². The normalized spacial score (nSPS) is 14.3. The number of aryl methyl sites for hydroxylation is 1. The molecule has 1 atom stereocenters. The number of aliphatic imine (C=N–C) groups is 1. The zero-order chi connectivity index (χ0) is 19.3. The average Bonchev–Trinajstić information content (AvgIpc) is 3.31. The van der Waals surface area contributed by atoms with Crippen LogP contribution in [-0.4, -0.2) is 35.7 Å². The highest BCUT2D eigenvalue weighted by atomic mass is 16.4. The summed E-state index contributed by atoms with van der Waals surface area (Å²) in [6.07, 6.45) is 4.51. The van der Waals surface area contributed by atoms with Crippen molar-refractivity contribution in [1.82, 2.24) is 15.6 Å². The second-order valence-corrected chi connectivity index (χ2v) is 6.93. The summed E-state index contributed by atoms with van der Waals surface area (Å²) in [5.41, 5.74) is 2.59. The van der Waals surface area contributed by atoms with E-state index in [0.29, 0.717) is 11.7 Å². The molecule has 0 bridgehead atoms. The van der Waals surface area contributed by atoms with Crippen LogP contribution in [0.4, 0.5) is 0 Å². The minimum atomic E-state index is -1.14. The first-order chi connectivity index (χ1) is 13.0. The van der Waals surface area contributed by atoms with E-state index >= 15 is 0 Å². The lowest BCUT2D eigenvalue weighted by Crippen LogP contribution is -2.39. The quantitative estimate of drug-likeness (QED) is 0.381. The lowest BCUT2D eigenvalue weighted by molar-refractivity contribution is 0.0437. The van der Waals surface area contributed by atoms with Gasteiger partial charge >= 0.3 is 0 Å². The summed E-state index contributed by atoms with van der Waals surface area (Å²) in [4.78, 5) is 7.88. The maximum absolute atomic E-state index is 10.6. The number of para-hydroxylation sites is 1. The van der Waals surface area contributed by atoms with Gasteiger partial charge in [-0.05, 0) is 50.5 Å². The van der Waals surface area contributed by atoms with Crippen LogP contribution >= 0.6 is 0 Å². The second kappa shape index (κ2) is 8.31. The molecular formula is C21H28N4O2. The number of aliphatic hydroxyl groups is 1. The van der Waals surface area contributed by atoms with Gasteiger partial charge in [0.15, 0.2) is 5.96 Å². The molecular weight excluding hydrogens is 340 g/mol. The molecule has 0 aliphatic carbocycles. The number of benzene rings is 1. The smallest absolute Gasteiger partial charge is 0.191 e. The first kappa shape index (κ1) is 19.0. The molecule has 3 aromatic rings. The SMILES string of the molecule is CCNC(=NCC(C)(O)c1ccco1)NCCc1c[nH]c2c(C)cccc12. The van der Waals surface area contributed by atoms with Crippen LogP contribution in [0.1, 0.15) is 30.7 Å². The molecule has 2 heterocycles. The molecule has 0 spiro atoms. The molecule has 1 aromatic carbocycles. The Hall–Kier alpha value is -2.73. The third-order valence-electron chi connectivity index (χ3n) is 4.64. The van der Waals surface area contributed by atoms with Crippen LogP contribution in [0.3, 0.4) is 0 Å². The second-order valence-electron chi connectivity index (χ2n) is 6.93. The van der Waals surface area contributed by atoms with Crippen molar-refractivity contribution in [3.8, 4) is 0 Å². The summed E-state index contributed by atoms with van der Waals surface area (Å²) >= 11 is 0. The average molecular weight is 368 g/mol. The van der Waals surface area contributed by atoms with Gasteiger partial charge in [-0.25, -0.2) is 4.99 Å². The highest BCUT2D eigenvalue weighted by Gasteiger charge is 2.26. The van der Waals surface area contributed by atoms with Gasteiger partial charge in [0.05, 0.1) is 12.8 Å². The first-order valence-electron chi connectivity index (χ1n) is 9.35. The van der Waals surface area contributed by atoms with Crippen molar-refractivity contribution in [2.75, 3.05) is 19.6 Å². The van der Waals surface area contributed by atoms with Crippen molar-refractivity contribution < 1.29 is 9.52 Å². The number of guanidine groups is 1. The Bertz CT molecular complexity index is 894. The molecule has 2 aromatic heterocycles. The number of nitrogens with zero attached hydrogens (tertiary/aromatic N) is 1. The summed E-state index contributed by atoms with van der Waals surface area (Å²) in [6, 6.07) is 9.87. The lowest BCUT2D eigenvalue weighted by atomic mass is 10.0. The summed E-state index contributed by atoms with van der Waals surface area (Å²) in [7, 11) is 0. The topological polar surface area (TPSA) is 85.6 Å². The number of rotatable bonds is 7. The minimum Gasteiger partial charge on any atom is -0.466 e. The molecule has 0 saturated heterocycles. The van der Waals surface area contributed by atoms with Gasteiger partial charge in [0.25, 0.3) is 0 Å². The van der Waals surface area contributed by atoms with E-state index in [2.05, 4.69) is 51.9 Å². The standard InChI is InChI=1S/C21H28N4O2/c1-4-22-20(25-14-21(3,26)18-9-6-12-27-18)23-11-10-16-13-24-19-15(2)7-5-8-17(16)19/h5-9,12-13,24,26H,4,10-11,14H2,1-3H3,(H2,22,23,25). The number of furan rings is 1. The van der Waals surface area contributed by atoms with Crippen LogP contribution in [-0.2, 0) is 12.0 Å². The van der Waals surface area contributed by atoms with Crippen molar-refractivity contribution >= 4 is 16.9 Å². The van der Waals surface area contributed by atoms with Crippen LogP contribution < -0.4 is 10.6 Å². The van der Waals surface area contributed by atoms with Gasteiger partial charge in [-0.1, -0.05) is 18.2 Å². The summed E-state index contributed by atoms with van der Waals surface area (Å²) in [5, 5.41) is 18.4. The fourth-order valence-corrected chi connectivity index (χ4v) is 3.12. The zero-order valence-electron chi connectivity index (χ0n) is 16.2. The molecule has 3 rings (SSSR count). The number of hydrogen-bond donors (Lipinski definition) is 4. The monoisotopic (exact) mass is 368 g/mol. The van der Waals surface area contributed by atoms with Crippen LogP contribution in [0.5, 0.6) is 0 Å². The zero-order valence-corrected chi connectivity index (χ0v) is 16.2. The van der Waals surface area contributed by atoms with E-state index in [9.17, 15) is 5.11 Å². The van der Waals surface area contributed by atoms with Crippen molar-refractivity contribution in [2.24, 2.45) is 4.99 Å². The van der Waals surface area contributed by atoms with Crippen LogP contribution in [0, 0.1) is 6.92 Å². The maximum atomic E-state index is 10.6.